The van der Waals surface area contributed by atoms with Crippen LogP contribution in [0.5, 0.6) is 0 Å². The number of hydrogen-bond acceptors (Lipinski definition) is 5. The number of amides is 2. The number of piperidine rings is 1. The number of rotatable bonds is 4. The van der Waals surface area contributed by atoms with E-state index in [0.29, 0.717) is 0 Å². The van der Waals surface area contributed by atoms with Crippen LogP contribution >= 0.6 is 0 Å². The lowest BCUT2D eigenvalue weighted by atomic mass is 10.0. The van der Waals surface area contributed by atoms with E-state index in [2.05, 4.69) is 20.5 Å². The number of nitrogens with zero attached hydrogens (tertiary/aromatic N) is 3. The number of aromatic nitrogens is 3. The van der Waals surface area contributed by atoms with Gasteiger partial charge in [-0.25, -0.2) is 4.98 Å². The Hall–Kier alpha value is -1.96. The molecule has 0 atom stereocenters. The standard InChI is InChI=1S/C10H16N6O2/c11-8(17)5-16(7-1-3-12-4-2-7)10(18)9-13-6-14-15-9/h6-7,12H,1-5H2,(H2,11,17)(H,13,14,15). The van der Waals surface area contributed by atoms with Crippen LogP contribution < -0.4 is 11.1 Å². The second-order valence-corrected chi connectivity index (χ2v) is 4.21. The molecule has 0 saturated carbocycles. The summed E-state index contributed by atoms with van der Waals surface area (Å²) in [5, 5.41) is 9.35. The van der Waals surface area contributed by atoms with Gasteiger partial charge in [0.1, 0.15) is 12.9 Å². The molecule has 0 aromatic carbocycles. The fourth-order valence-electron chi connectivity index (χ4n) is 2.10. The van der Waals surface area contributed by atoms with Gasteiger partial charge in [-0.2, -0.15) is 5.10 Å². The summed E-state index contributed by atoms with van der Waals surface area (Å²) in [6.07, 6.45) is 2.86. The van der Waals surface area contributed by atoms with E-state index in [0.717, 1.165) is 25.9 Å². The Balaban J connectivity index is 2.13. The Bertz CT molecular complexity index is 412. The third kappa shape index (κ3) is 2.83. The van der Waals surface area contributed by atoms with Gasteiger partial charge in [0, 0.05) is 6.04 Å². The number of H-pyrrole nitrogens is 1. The average Bonchev–Trinajstić information content (AvgIpc) is 2.90. The van der Waals surface area contributed by atoms with E-state index in [-0.39, 0.29) is 24.3 Å². The van der Waals surface area contributed by atoms with Gasteiger partial charge in [0.15, 0.2) is 0 Å². The fraction of sp³-hybridized carbons (Fsp3) is 0.600. The number of primary amides is 1. The van der Waals surface area contributed by atoms with Gasteiger partial charge in [0.2, 0.25) is 11.7 Å². The third-order valence-electron chi connectivity index (χ3n) is 2.95. The first-order valence-electron chi connectivity index (χ1n) is 5.84. The number of carbonyl (C=O) groups excluding carboxylic acids is 2. The summed E-state index contributed by atoms with van der Waals surface area (Å²) in [5.74, 6) is -0.727. The Morgan fingerprint density at radius 1 is 1.44 bits per heavy atom. The van der Waals surface area contributed by atoms with Crippen LogP contribution in [0.3, 0.4) is 0 Å². The predicted octanol–water partition coefficient (Wildman–Crippen LogP) is -1.52. The third-order valence-corrected chi connectivity index (χ3v) is 2.95. The van der Waals surface area contributed by atoms with Gasteiger partial charge >= 0.3 is 0 Å². The molecule has 0 bridgehead atoms. The molecule has 1 aromatic rings. The molecule has 8 nitrogen and oxygen atoms in total. The van der Waals surface area contributed by atoms with Crippen molar-refractivity contribution in [3.05, 3.63) is 12.2 Å². The van der Waals surface area contributed by atoms with Gasteiger partial charge < -0.3 is 16.0 Å². The molecule has 4 N–H and O–H groups in total. The highest BCUT2D eigenvalue weighted by Crippen LogP contribution is 2.13. The normalized spacial score (nSPS) is 16.4. The quantitative estimate of drug-likeness (QED) is 0.602. The molecule has 2 heterocycles. The first-order chi connectivity index (χ1) is 8.68. The molecule has 1 aromatic heterocycles. The summed E-state index contributed by atoms with van der Waals surface area (Å²) in [4.78, 5) is 28.6. The van der Waals surface area contributed by atoms with Gasteiger partial charge in [-0.1, -0.05) is 0 Å². The van der Waals surface area contributed by atoms with Crippen molar-refractivity contribution in [2.45, 2.75) is 18.9 Å². The van der Waals surface area contributed by atoms with Crippen LogP contribution in [0.1, 0.15) is 23.5 Å². The van der Waals surface area contributed by atoms with E-state index >= 15 is 0 Å². The lowest BCUT2D eigenvalue weighted by molar-refractivity contribution is -0.119. The summed E-state index contributed by atoms with van der Waals surface area (Å²) in [5.41, 5.74) is 5.20. The van der Waals surface area contributed by atoms with Gasteiger partial charge in [-0.3, -0.25) is 14.7 Å². The second kappa shape index (κ2) is 5.58. The maximum Gasteiger partial charge on any atom is 0.291 e. The monoisotopic (exact) mass is 252 g/mol. The van der Waals surface area contributed by atoms with Crippen molar-refractivity contribution in [2.75, 3.05) is 19.6 Å². The molecule has 98 valence electrons. The molecule has 2 rings (SSSR count). The molecule has 1 aliphatic heterocycles. The minimum atomic E-state index is -0.526. The minimum absolute atomic E-state index is 0.0105. The Morgan fingerprint density at radius 2 is 2.17 bits per heavy atom. The van der Waals surface area contributed by atoms with Gasteiger partial charge in [0.25, 0.3) is 5.91 Å². The van der Waals surface area contributed by atoms with Crippen LogP contribution in [0.25, 0.3) is 0 Å². The number of carbonyl (C=O) groups is 2. The predicted molar refractivity (Wildman–Crippen MR) is 62.5 cm³/mol. The molecular weight excluding hydrogens is 236 g/mol. The van der Waals surface area contributed by atoms with Crippen LogP contribution in [-0.2, 0) is 4.79 Å². The average molecular weight is 252 g/mol. The van der Waals surface area contributed by atoms with Crippen LogP contribution in [0, 0.1) is 0 Å². The Kier molecular flexibility index (Phi) is 3.88. The van der Waals surface area contributed by atoms with Crippen molar-refractivity contribution >= 4 is 11.8 Å². The fourth-order valence-corrected chi connectivity index (χ4v) is 2.10. The zero-order valence-corrected chi connectivity index (χ0v) is 9.93. The zero-order valence-electron chi connectivity index (χ0n) is 9.93. The SMILES string of the molecule is NC(=O)CN(C(=O)c1ncn[nH]1)C1CCNCC1. The summed E-state index contributed by atoms with van der Waals surface area (Å²) >= 11 is 0. The lowest BCUT2D eigenvalue weighted by Crippen LogP contribution is -2.49. The molecule has 1 aliphatic rings. The van der Waals surface area contributed by atoms with E-state index in [4.69, 9.17) is 5.73 Å². The minimum Gasteiger partial charge on any atom is -0.368 e. The lowest BCUT2D eigenvalue weighted by Gasteiger charge is -2.33. The van der Waals surface area contributed by atoms with Gasteiger partial charge in [-0.15, -0.1) is 0 Å². The van der Waals surface area contributed by atoms with E-state index in [1.165, 1.54) is 11.2 Å². The molecule has 1 fully saturated rings. The van der Waals surface area contributed by atoms with Crippen molar-refractivity contribution in [3.8, 4) is 0 Å². The molecule has 0 aliphatic carbocycles. The van der Waals surface area contributed by atoms with Crippen LogP contribution in [0.15, 0.2) is 6.33 Å². The highest BCUT2D eigenvalue weighted by atomic mass is 16.2. The zero-order chi connectivity index (χ0) is 13.0. The van der Waals surface area contributed by atoms with Crippen LogP contribution in [-0.4, -0.2) is 57.6 Å². The van der Waals surface area contributed by atoms with E-state index < -0.39 is 5.91 Å². The number of nitrogens with one attached hydrogen (secondary N) is 2. The summed E-state index contributed by atoms with van der Waals surface area (Å²) in [6.45, 7) is 1.55. The van der Waals surface area contributed by atoms with E-state index in [1.54, 1.807) is 0 Å². The number of hydrogen-bond donors (Lipinski definition) is 3. The topological polar surface area (TPSA) is 117 Å². The maximum absolute atomic E-state index is 12.2. The molecule has 2 amide bonds. The maximum atomic E-state index is 12.2. The molecule has 0 spiro atoms. The van der Waals surface area contributed by atoms with E-state index in [9.17, 15) is 9.59 Å². The summed E-state index contributed by atoms with van der Waals surface area (Å²) in [7, 11) is 0. The smallest absolute Gasteiger partial charge is 0.291 e. The molecule has 18 heavy (non-hydrogen) atoms. The van der Waals surface area contributed by atoms with Crippen molar-refractivity contribution in [1.82, 2.24) is 25.4 Å². The van der Waals surface area contributed by atoms with Crippen LogP contribution in [0.2, 0.25) is 0 Å². The van der Waals surface area contributed by atoms with Crippen LogP contribution in [0.4, 0.5) is 0 Å². The van der Waals surface area contributed by atoms with Crippen molar-refractivity contribution in [1.29, 1.82) is 0 Å². The van der Waals surface area contributed by atoms with E-state index in [1.807, 2.05) is 0 Å². The Morgan fingerprint density at radius 3 is 2.72 bits per heavy atom. The molecule has 1 saturated heterocycles. The largest absolute Gasteiger partial charge is 0.368 e. The second-order valence-electron chi connectivity index (χ2n) is 4.21. The number of aromatic amines is 1. The van der Waals surface area contributed by atoms with Gasteiger partial charge in [0.05, 0.1) is 0 Å². The van der Waals surface area contributed by atoms with Gasteiger partial charge in [-0.05, 0) is 25.9 Å². The summed E-state index contributed by atoms with van der Waals surface area (Å²) in [6, 6.07) is 0.0105. The molecule has 0 radical (unpaired) electrons. The molecular formula is C10H16N6O2. The first-order valence-corrected chi connectivity index (χ1v) is 5.84. The van der Waals surface area contributed by atoms with Crippen molar-refractivity contribution in [2.24, 2.45) is 5.73 Å². The summed E-state index contributed by atoms with van der Waals surface area (Å²) < 4.78 is 0. The molecule has 0 unspecified atom stereocenters. The highest BCUT2D eigenvalue weighted by molar-refractivity contribution is 5.93. The number of nitrogens with two attached hydrogens (primary N) is 1. The molecule has 8 heteroatoms. The highest BCUT2D eigenvalue weighted by Gasteiger charge is 2.28. The first kappa shape index (κ1) is 12.5. The Labute approximate surface area is 104 Å². The van der Waals surface area contributed by atoms with Crippen molar-refractivity contribution in [3.63, 3.8) is 0 Å². The van der Waals surface area contributed by atoms with Crippen molar-refractivity contribution < 1.29 is 9.59 Å².